The SMILES string of the molecule is CC(C)c1nc(CNC(=O)N2CCC[C@@H](Cn3ccnc3)C2)cs1. The predicted molar refractivity (Wildman–Crippen MR) is 95.0 cm³/mol. The van der Waals surface area contributed by atoms with Crippen LogP contribution in [0.1, 0.15) is 43.3 Å². The van der Waals surface area contributed by atoms with E-state index in [1.165, 1.54) is 0 Å². The first kappa shape index (κ1) is 17.0. The number of carbonyl (C=O) groups excluding carboxylic acids is 1. The molecule has 6 nitrogen and oxygen atoms in total. The first-order valence-electron chi connectivity index (χ1n) is 8.54. The quantitative estimate of drug-likeness (QED) is 0.904. The van der Waals surface area contributed by atoms with Gasteiger partial charge in [-0.15, -0.1) is 11.3 Å². The van der Waals surface area contributed by atoms with Gasteiger partial charge in [0.1, 0.15) is 0 Å². The minimum Gasteiger partial charge on any atom is -0.337 e. The van der Waals surface area contributed by atoms with Crippen molar-refractivity contribution in [3.8, 4) is 0 Å². The number of hydrogen-bond acceptors (Lipinski definition) is 4. The van der Waals surface area contributed by atoms with E-state index < -0.39 is 0 Å². The Bertz CT molecular complexity index is 652. The summed E-state index contributed by atoms with van der Waals surface area (Å²) in [5, 5.41) is 6.17. The van der Waals surface area contributed by atoms with E-state index in [0.29, 0.717) is 18.4 Å². The van der Waals surface area contributed by atoms with Crippen LogP contribution in [-0.4, -0.2) is 38.6 Å². The molecule has 0 spiro atoms. The number of likely N-dealkylation sites (tertiary alicyclic amines) is 1. The van der Waals surface area contributed by atoms with Gasteiger partial charge in [0, 0.05) is 43.3 Å². The highest BCUT2D eigenvalue weighted by Gasteiger charge is 2.23. The van der Waals surface area contributed by atoms with Crippen LogP contribution < -0.4 is 5.32 Å². The van der Waals surface area contributed by atoms with Crippen molar-refractivity contribution in [3.05, 3.63) is 34.8 Å². The number of amides is 2. The van der Waals surface area contributed by atoms with Crippen LogP contribution in [0.2, 0.25) is 0 Å². The lowest BCUT2D eigenvalue weighted by atomic mass is 9.98. The zero-order valence-corrected chi connectivity index (χ0v) is 15.1. The molecule has 24 heavy (non-hydrogen) atoms. The van der Waals surface area contributed by atoms with E-state index >= 15 is 0 Å². The third-order valence-corrected chi connectivity index (χ3v) is 5.51. The van der Waals surface area contributed by atoms with Gasteiger partial charge in [0.15, 0.2) is 0 Å². The van der Waals surface area contributed by atoms with E-state index in [0.717, 1.165) is 43.2 Å². The van der Waals surface area contributed by atoms with Gasteiger partial charge in [-0.3, -0.25) is 0 Å². The lowest BCUT2D eigenvalue weighted by Crippen LogP contribution is -2.46. The average Bonchev–Trinajstić information content (AvgIpc) is 3.24. The number of thiazole rings is 1. The van der Waals surface area contributed by atoms with Crippen LogP contribution >= 0.6 is 11.3 Å². The maximum absolute atomic E-state index is 12.4. The molecule has 0 radical (unpaired) electrons. The third-order valence-electron chi connectivity index (χ3n) is 4.32. The summed E-state index contributed by atoms with van der Waals surface area (Å²) < 4.78 is 2.09. The van der Waals surface area contributed by atoms with Gasteiger partial charge in [-0.2, -0.15) is 0 Å². The Labute approximate surface area is 146 Å². The number of piperidine rings is 1. The number of hydrogen-bond donors (Lipinski definition) is 1. The van der Waals surface area contributed by atoms with Crippen LogP contribution in [0.25, 0.3) is 0 Å². The molecular formula is C17H25N5OS. The molecule has 3 rings (SSSR count). The predicted octanol–water partition coefficient (Wildman–Crippen LogP) is 3.08. The van der Waals surface area contributed by atoms with Crippen LogP contribution in [0, 0.1) is 5.92 Å². The van der Waals surface area contributed by atoms with Gasteiger partial charge in [0.2, 0.25) is 0 Å². The Morgan fingerprint density at radius 3 is 3.08 bits per heavy atom. The van der Waals surface area contributed by atoms with Crippen molar-refractivity contribution in [3.63, 3.8) is 0 Å². The van der Waals surface area contributed by atoms with Crippen LogP contribution in [0.4, 0.5) is 4.79 Å². The number of carbonyl (C=O) groups is 1. The molecule has 130 valence electrons. The summed E-state index contributed by atoms with van der Waals surface area (Å²) in [6, 6.07) is 0.0180. The number of urea groups is 1. The zero-order valence-electron chi connectivity index (χ0n) is 14.3. The van der Waals surface area contributed by atoms with Gasteiger partial charge in [-0.05, 0) is 18.8 Å². The van der Waals surface area contributed by atoms with Crippen LogP contribution in [-0.2, 0) is 13.1 Å². The summed E-state index contributed by atoms with van der Waals surface area (Å²) in [5.74, 6) is 0.927. The van der Waals surface area contributed by atoms with Crippen molar-refractivity contribution in [1.29, 1.82) is 0 Å². The Hall–Kier alpha value is -1.89. The highest BCUT2D eigenvalue weighted by molar-refractivity contribution is 7.09. The number of aromatic nitrogens is 3. The summed E-state index contributed by atoms with van der Waals surface area (Å²) in [6.45, 7) is 7.34. The van der Waals surface area contributed by atoms with Crippen molar-refractivity contribution in [2.24, 2.45) is 5.92 Å². The van der Waals surface area contributed by atoms with Crippen molar-refractivity contribution in [1.82, 2.24) is 24.8 Å². The van der Waals surface area contributed by atoms with Gasteiger partial charge in [0.05, 0.1) is 23.6 Å². The minimum atomic E-state index is 0.0180. The largest absolute Gasteiger partial charge is 0.337 e. The number of imidazole rings is 1. The lowest BCUT2D eigenvalue weighted by Gasteiger charge is -2.32. The standard InChI is InChI=1S/C17H25N5OS/c1-13(2)16-20-15(11-24-16)8-19-17(23)22-6-3-4-14(10-22)9-21-7-5-18-12-21/h5,7,11-14H,3-4,6,8-10H2,1-2H3,(H,19,23)/t14-/m0/s1. The number of rotatable bonds is 5. The third kappa shape index (κ3) is 4.35. The van der Waals surface area contributed by atoms with E-state index in [9.17, 15) is 4.79 Å². The molecule has 0 aromatic carbocycles. The van der Waals surface area contributed by atoms with E-state index in [2.05, 4.69) is 33.7 Å². The van der Waals surface area contributed by atoms with E-state index in [1.807, 2.05) is 22.8 Å². The van der Waals surface area contributed by atoms with Gasteiger partial charge in [0.25, 0.3) is 0 Å². The molecule has 0 saturated carbocycles. The molecule has 1 saturated heterocycles. The second-order valence-electron chi connectivity index (χ2n) is 6.70. The Balaban J connectivity index is 1.48. The molecule has 7 heteroatoms. The van der Waals surface area contributed by atoms with Crippen molar-refractivity contribution >= 4 is 17.4 Å². The highest BCUT2D eigenvalue weighted by Crippen LogP contribution is 2.20. The Kier molecular flexibility index (Phi) is 5.50. The van der Waals surface area contributed by atoms with Gasteiger partial charge < -0.3 is 14.8 Å². The molecule has 1 atom stereocenters. The summed E-state index contributed by atoms with van der Waals surface area (Å²) in [5.41, 5.74) is 0.948. The summed E-state index contributed by atoms with van der Waals surface area (Å²) in [4.78, 5) is 23.0. The molecule has 1 N–H and O–H groups in total. The van der Waals surface area contributed by atoms with Crippen molar-refractivity contribution < 1.29 is 4.79 Å². The fourth-order valence-electron chi connectivity index (χ4n) is 3.04. The summed E-state index contributed by atoms with van der Waals surface area (Å²) in [6.07, 6.45) is 7.83. The molecule has 2 amide bonds. The number of nitrogens with one attached hydrogen (secondary N) is 1. The zero-order chi connectivity index (χ0) is 16.9. The fourth-order valence-corrected chi connectivity index (χ4v) is 3.87. The van der Waals surface area contributed by atoms with Gasteiger partial charge in [-0.1, -0.05) is 13.8 Å². The number of nitrogens with zero attached hydrogens (tertiary/aromatic N) is 4. The van der Waals surface area contributed by atoms with Crippen LogP contribution in [0.3, 0.4) is 0 Å². The molecule has 0 bridgehead atoms. The van der Waals surface area contributed by atoms with Gasteiger partial charge in [-0.25, -0.2) is 14.8 Å². The summed E-state index contributed by atoms with van der Waals surface area (Å²) >= 11 is 1.66. The first-order valence-corrected chi connectivity index (χ1v) is 9.42. The topological polar surface area (TPSA) is 63.1 Å². The van der Waals surface area contributed by atoms with Crippen LogP contribution in [0.5, 0.6) is 0 Å². The molecule has 2 aromatic heterocycles. The average molecular weight is 347 g/mol. The molecule has 3 heterocycles. The molecular weight excluding hydrogens is 322 g/mol. The highest BCUT2D eigenvalue weighted by atomic mass is 32.1. The Morgan fingerprint density at radius 2 is 2.38 bits per heavy atom. The first-order chi connectivity index (χ1) is 11.6. The lowest BCUT2D eigenvalue weighted by molar-refractivity contribution is 0.159. The monoisotopic (exact) mass is 347 g/mol. The normalized spacial score (nSPS) is 18.1. The van der Waals surface area contributed by atoms with Gasteiger partial charge >= 0.3 is 6.03 Å². The van der Waals surface area contributed by atoms with E-state index in [1.54, 1.807) is 17.5 Å². The van der Waals surface area contributed by atoms with Crippen molar-refractivity contribution in [2.45, 2.75) is 45.7 Å². The maximum Gasteiger partial charge on any atom is 0.317 e. The molecule has 1 aliphatic rings. The maximum atomic E-state index is 12.4. The summed E-state index contributed by atoms with van der Waals surface area (Å²) in [7, 11) is 0. The molecule has 1 fully saturated rings. The minimum absolute atomic E-state index is 0.0180. The van der Waals surface area contributed by atoms with Crippen LogP contribution in [0.15, 0.2) is 24.1 Å². The molecule has 1 aliphatic heterocycles. The fraction of sp³-hybridized carbons (Fsp3) is 0.588. The second kappa shape index (κ2) is 7.79. The second-order valence-corrected chi connectivity index (χ2v) is 7.59. The molecule has 0 unspecified atom stereocenters. The molecule has 2 aromatic rings. The van der Waals surface area contributed by atoms with E-state index in [-0.39, 0.29) is 6.03 Å². The van der Waals surface area contributed by atoms with E-state index in [4.69, 9.17) is 0 Å². The molecule has 0 aliphatic carbocycles. The smallest absolute Gasteiger partial charge is 0.317 e. The van der Waals surface area contributed by atoms with Crippen molar-refractivity contribution in [2.75, 3.05) is 13.1 Å². The Morgan fingerprint density at radius 1 is 1.50 bits per heavy atom.